The molecule has 1 nitrogen and oxygen atoms in total. The molecule has 25 heavy (non-hydrogen) atoms. The Hall–Kier alpha value is -0.600. The molecule has 9 heteroatoms. The average molecular weight is 386 g/mol. The van der Waals surface area contributed by atoms with Crippen molar-refractivity contribution < 1.29 is 40.2 Å². The molecule has 0 aliphatic heterocycles. The van der Waals surface area contributed by atoms with Crippen molar-refractivity contribution in [1.82, 2.24) is 0 Å². The number of rotatable bonds is 14. The van der Waals surface area contributed by atoms with E-state index in [2.05, 4.69) is 0 Å². The van der Waals surface area contributed by atoms with Crippen LogP contribution >= 0.6 is 0 Å². The van der Waals surface area contributed by atoms with E-state index in [4.69, 9.17) is 5.11 Å². The van der Waals surface area contributed by atoms with E-state index in [1.807, 2.05) is 0 Å². The molecule has 0 aromatic heterocycles. The Balaban J connectivity index is 4.62. The number of aliphatic hydroxyl groups excluding tert-OH is 1. The highest BCUT2D eigenvalue weighted by Crippen LogP contribution is 2.55. The lowest BCUT2D eigenvalue weighted by molar-refractivity contribution is -0.368. The maximum absolute atomic E-state index is 13.6. The predicted molar refractivity (Wildman–Crippen MR) is 78.7 cm³/mol. The van der Waals surface area contributed by atoms with Crippen LogP contribution in [0.1, 0.15) is 71.1 Å². The quantitative estimate of drug-likeness (QED) is 0.269. The summed E-state index contributed by atoms with van der Waals surface area (Å²) < 4.78 is 107. The van der Waals surface area contributed by atoms with Crippen LogP contribution in [0.15, 0.2) is 0 Å². The molecule has 0 heterocycles. The van der Waals surface area contributed by atoms with Crippen LogP contribution in [0.4, 0.5) is 35.1 Å². The highest BCUT2D eigenvalue weighted by Gasteiger charge is 2.79. The summed E-state index contributed by atoms with van der Waals surface area (Å²) in [6.45, 7) is 1.11. The van der Waals surface area contributed by atoms with Gasteiger partial charge in [-0.2, -0.15) is 35.1 Å². The molecule has 0 rings (SSSR count). The third-order valence-electron chi connectivity index (χ3n) is 4.03. The smallest absolute Gasteiger partial charge is 0.378 e. The first kappa shape index (κ1) is 24.4. The Morgan fingerprint density at radius 1 is 0.560 bits per heavy atom. The SMILES string of the molecule is CCCC(F)(F)C(F)(F)C(F)(F)C(F)(F)CCCCCCCCCO. The van der Waals surface area contributed by atoms with E-state index in [0.717, 1.165) is 19.8 Å². The van der Waals surface area contributed by atoms with Crippen molar-refractivity contribution in [3.8, 4) is 0 Å². The Kier molecular flexibility index (Phi) is 9.68. The van der Waals surface area contributed by atoms with E-state index in [0.29, 0.717) is 19.3 Å². The number of unbranched alkanes of at least 4 members (excludes halogenated alkanes) is 6. The minimum Gasteiger partial charge on any atom is -0.396 e. The Labute approximate surface area is 142 Å². The van der Waals surface area contributed by atoms with Gasteiger partial charge in [0.15, 0.2) is 0 Å². The summed E-state index contributed by atoms with van der Waals surface area (Å²) in [4.78, 5) is 0. The highest BCUT2D eigenvalue weighted by molar-refractivity contribution is 5.03. The standard InChI is InChI=1S/C16H26F8O/c1-2-10-13(17,18)15(21,22)16(23,24)14(19,20)11-8-6-4-3-5-7-9-12-25/h25H,2-12H2,1H3. The van der Waals surface area contributed by atoms with E-state index in [1.54, 1.807) is 0 Å². The Morgan fingerprint density at radius 3 is 1.32 bits per heavy atom. The molecule has 0 saturated carbocycles. The van der Waals surface area contributed by atoms with Crippen LogP contribution in [-0.2, 0) is 0 Å². The van der Waals surface area contributed by atoms with Gasteiger partial charge in [0.1, 0.15) is 0 Å². The molecule has 0 aromatic rings. The van der Waals surface area contributed by atoms with Crippen molar-refractivity contribution in [3.63, 3.8) is 0 Å². The molecule has 0 aromatic carbocycles. The second-order valence-corrected chi connectivity index (χ2v) is 6.26. The van der Waals surface area contributed by atoms with Gasteiger partial charge in [0, 0.05) is 19.4 Å². The van der Waals surface area contributed by atoms with Gasteiger partial charge in [-0.3, -0.25) is 0 Å². The lowest BCUT2D eigenvalue weighted by atomic mass is 9.92. The van der Waals surface area contributed by atoms with E-state index in [9.17, 15) is 35.1 Å². The maximum atomic E-state index is 13.6. The van der Waals surface area contributed by atoms with Gasteiger partial charge in [0.2, 0.25) is 0 Å². The van der Waals surface area contributed by atoms with Crippen LogP contribution in [0.5, 0.6) is 0 Å². The summed E-state index contributed by atoms with van der Waals surface area (Å²) in [5.41, 5.74) is 0. The summed E-state index contributed by atoms with van der Waals surface area (Å²) in [6.07, 6.45) is -0.917. The molecule has 0 radical (unpaired) electrons. The summed E-state index contributed by atoms with van der Waals surface area (Å²) in [5, 5.41) is 8.56. The third kappa shape index (κ3) is 6.25. The summed E-state index contributed by atoms with van der Waals surface area (Å²) >= 11 is 0. The monoisotopic (exact) mass is 386 g/mol. The molecule has 0 unspecified atom stereocenters. The largest absolute Gasteiger partial charge is 0.396 e. The zero-order valence-corrected chi connectivity index (χ0v) is 14.2. The van der Waals surface area contributed by atoms with E-state index >= 15 is 0 Å². The molecule has 0 atom stereocenters. The number of hydrogen-bond donors (Lipinski definition) is 1. The molecule has 0 fully saturated rings. The first-order valence-electron chi connectivity index (χ1n) is 8.49. The van der Waals surface area contributed by atoms with Crippen LogP contribution in [0.3, 0.4) is 0 Å². The van der Waals surface area contributed by atoms with Crippen LogP contribution < -0.4 is 0 Å². The zero-order chi connectivity index (χ0) is 19.8. The van der Waals surface area contributed by atoms with E-state index in [-0.39, 0.29) is 13.0 Å². The molecule has 1 N–H and O–H groups in total. The molecule has 0 saturated heterocycles. The molecule has 0 aliphatic rings. The minimum absolute atomic E-state index is 0.0399. The lowest BCUT2D eigenvalue weighted by Gasteiger charge is -2.36. The molecule has 0 spiro atoms. The van der Waals surface area contributed by atoms with Crippen LogP contribution in [0.25, 0.3) is 0 Å². The van der Waals surface area contributed by atoms with Crippen molar-refractivity contribution in [2.75, 3.05) is 6.61 Å². The van der Waals surface area contributed by atoms with Gasteiger partial charge in [-0.1, -0.05) is 45.4 Å². The fourth-order valence-electron chi connectivity index (χ4n) is 2.43. The summed E-state index contributed by atoms with van der Waals surface area (Å²) in [6, 6.07) is 0. The van der Waals surface area contributed by atoms with E-state index in [1.165, 1.54) is 0 Å². The van der Waals surface area contributed by atoms with Crippen LogP contribution in [0.2, 0.25) is 0 Å². The van der Waals surface area contributed by atoms with Crippen molar-refractivity contribution in [1.29, 1.82) is 0 Å². The normalized spacial score (nSPS) is 14.2. The molecule has 0 aliphatic carbocycles. The zero-order valence-electron chi connectivity index (χ0n) is 14.2. The summed E-state index contributed by atoms with van der Waals surface area (Å²) in [7, 11) is 0. The van der Waals surface area contributed by atoms with Gasteiger partial charge >= 0.3 is 23.7 Å². The first-order valence-corrected chi connectivity index (χ1v) is 8.49. The number of aliphatic hydroxyl groups is 1. The first-order chi connectivity index (χ1) is 11.4. The molecule has 152 valence electrons. The van der Waals surface area contributed by atoms with Crippen LogP contribution in [-0.4, -0.2) is 35.4 Å². The third-order valence-corrected chi connectivity index (χ3v) is 4.03. The molecular weight excluding hydrogens is 360 g/mol. The van der Waals surface area contributed by atoms with Gasteiger partial charge in [-0.25, -0.2) is 0 Å². The van der Waals surface area contributed by atoms with Crippen molar-refractivity contribution in [3.05, 3.63) is 0 Å². The van der Waals surface area contributed by atoms with Gasteiger partial charge < -0.3 is 5.11 Å². The molecule has 0 amide bonds. The second-order valence-electron chi connectivity index (χ2n) is 6.26. The van der Waals surface area contributed by atoms with Gasteiger partial charge in [0.25, 0.3) is 0 Å². The van der Waals surface area contributed by atoms with E-state index < -0.39 is 49.4 Å². The van der Waals surface area contributed by atoms with Gasteiger partial charge in [-0.05, 0) is 12.8 Å². The van der Waals surface area contributed by atoms with Gasteiger partial charge in [-0.15, -0.1) is 0 Å². The second kappa shape index (κ2) is 9.92. The molecular formula is C16H26F8O. The van der Waals surface area contributed by atoms with Crippen LogP contribution in [0, 0.1) is 0 Å². The number of alkyl halides is 8. The highest BCUT2D eigenvalue weighted by atomic mass is 19.4. The lowest BCUT2D eigenvalue weighted by Crippen LogP contribution is -2.62. The summed E-state index contributed by atoms with van der Waals surface area (Å²) in [5.74, 6) is -22.7. The van der Waals surface area contributed by atoms with Crippen molar-refractivity contribution in [2.24, 2.45) is 0 Å². The topological polar surface area (TPSA) is 20.2 Å². The fraction of sp³-hybridized carbons (Fsp3) is 1.00. The Bertz CT molecular complexity index is 371. The number of hydrogen-bond acceptors (Lipinski definition) is 1. The minimum atomic E-state index is -6.13. The Morgan fingerprint density at radius 2 is 0.920 bits per heavy atom. The van der Waals surface area contributed by atoms with Crippen molar-refractivity contribution >= 4 is 0 Å². The fourth-order valence-corrected chi connectivity index (χ4v) is 2.43. The number of halogens is 8. The predicted octanol–water partition coefficient (Wildman–Crippen LogP) is 6.44. The van der Waals surface area contributed by atoms with Crippen molar-refractivity contribution in [2.45, 2.75) is 94.8 Å². The molecule has 0 bridgehead atoms. The van der Waals surface area contributed by atoms with Gasteiger partial charge in [0.05, 0.1) is 0 Å². The maximum Gasteiger partial charge on any atom is 0.378 e. The average Bonchev–Trinajstić information content (AvgIpc) is 2.49.